The van der Waals surface area contributed by atoms with Crippen LogP contribution in [0.25, 0.3) is 6.08 Å². The third kappa shape index (κ3) is 5.14. The van der Waals surface area contributed by atoms with E-state index in [2.05, 4.69) is 21.2 Å². The zero-order valence-corrected chi connectivity index (χ0v) is 13.7. The summed E-state index contributed by atoms with van der Waals surface area (Å²) in [6.45, 7) is 1.19. The van der Waals surface area contributed by atoms with Crippen molar-refractivity contribution in [1.82, 2.24) is 5.32 Å². The van der Waals surface area contributed by atoms with Crippen molar-refractivity contribution in [3.05, 3.63) is 52.0 Å². The molecule has 0 aliphatic carbocycles. The number of nitrogens with zero attached hydrogens (tertiary/aromatic N) is 1. The SMILES string of the molecule is N#C/C(=C\C(Br)=C\c1ccccc1)C(=O)NC[C@@H]1CCCO1. The largest absolute Gasteiger partial charge is 0.376 e. The Kier molecular flexibility index (Phi) is 6.38. The second kappa shape index (κ2) is 8.52. The molecule has 1 N–H and O–H groups in total. The highest BCUT2D eigenvalue weighted by Crippen LogP contribution is 2.16. The number of rotatable bonds is 5. The Morgan fingerprint density at radius 3 is 2.86 bits per heavy atom. The van der Waals surface area contributed by atoms with Gasteiger partial charge in [-0.05, 0) is 30.6 Å². The Balaban J connectivity index is 1.98. The molecule has 0 saturated carbocycles. The number of hydrogen-bond acceptors (Lipinski definition) is 3. The highest BCUT2D eigenvalue weighted by atomic mass is 79.9. The molecule has 0 radical (unpaired) electrons. The molecule has 2 rings (SSSR count). The Bertz CT molecular complexity index is 611. The summed E-state index contributed by atoms with van der Waals surface area (Å²) in [7, 11) is 0. The van der Waals surface area contributed by atoms with Gasteiger partial charge >= 0.3 is 0 Å². The number of hydrogen-bond donors (Lipinski definition) is 1. The molecule has 5 heteroatoms. The van der Waals surface area contributed by atoms with Crippen molar-refractivity contribution in [2.45, 2.75) is 18.9 Å². The van der Waals surface area contributed by atoms with Gasteiger partial charge in [0.05, 0.1) is 6.10 Å². The molecule has 4 nitrogen and oxygen atoms in total. The van der Waals surface area contributed by atoms with Gasteiger partial charge in [-0.3, -0.25) is 4.79 Å². The monoisotopic (exact) mass is 360 g/mol. The molecule has 1 aromatic rings. The minimum atomic E-state index is -0.378. The topological polar surface area (TPSA) is 62.1 Å². The van der Waals surface area contributed by atoms with E-state index in [0.717, 1.165) is 25.0 Å². The van der Waals surface area contributed by atoms with Gasteiger partial charge in [0.25, 0.3) is 5.91 Å². The highest BCUT2D eigenvalue weighted by Gasteiger charge is 2.17. The summed E-state index contributed by atoms with van der Waals surface area (Å²) in [5, 5.41) is 11.9. The quantitative estimate of drug-likeness (QED) is 0.498. The van der Waals surface area contributed by atoms with Crippen LogP contribution in [0.4, 0.5) is 0 Å². The van der Waals surface area contributed by atoms with E-state index in [1.165, 1.54) is 6.08 Å². The van der Waals surface area contributed by atoms with Gasteiger partial charge in [-0.2, -0.15) is 5.26 Å². The van der Waals surface area contributed by atoms with E-state index >= 15 is 0 Å². The Hall–Kier alpha value is -1.90. The number of amides is 1. The maximum absolute atomic E-state index is 12.0. The average Bonchev–Trinajstić information content (AvgIpc) is 3.04. The number of ether oxygens (including phenoxy) is 1. The van der Waals surface area contributed by atoms with Gasteiger partial charge in [0.15, 0.2) is 0 Å². The minimum Gasteiger partial charge on any atom is -0.376 e. The van der Waals surface area contributed by atoms with Crippen LogP contribution in [0.1, 0.15) is 18.4 Å². The summed E-state index contributed by atoms with van der Waals surface area (Å²) >= 11 is 3.37. The Labute approximate surface area is 138 Å². The lowest BCUT2D eigenvalue weighted by Gasteiger charge is -2.10. The molecule has 1 atom stereocenters. The van der Waals surface area contributed by atoms with Crippen LogP contribution in [0.2, 0.25) is 0 Å². The summed E-state index contributed by atoms with van der Waals surface area (Å²) in [6.07, 6.45) is 5.41. The summed E-state index contributed by atoms with van der Waals surface area (Å²) in [4.78, 5) is 12.0. The maximum Gasteiger partial charge on any atom is 0.262 e. The first-order valence-corrected chi connectivity index (χ1v) is 7.92. The number of carbonyl (C=O) groups is 1. The van der Waals surface area contributed by atoms with Crippen molar-refractivity contribution in [2.75, 3.05) is 13.2 Å². The fourth-order valence-corrected chi connectivity index (χ4v) is 2.64. The van der Waals surface area contributed by atoms with Crippen molar-refractivity contribution in [3.63, 3.8) is 0 Å². The van der Waals surface area contributed by atoms with Crippen molar-refractivity contribution >= 4 is 27.9 Å². The smallest absolute Gasteiger partial charge is 0.262 e. The van der Waals surface area contributed by atoms with Gasteiger partial charge in [0, 0.05) is 17.6 Å². The van der Waals surface area contributed by atoms with Gasteiger partial charge in [-0.1, -0.05) is 46.3 Å². The van der Waals surface area contributed by atoms with Crippen LogP contribution in [0.5, 0.6) is 0 Å². The van der Waals surface area contributed by atoms with Crippen molar-refractivity contribution in [2.24, 2.45) is 0 Å². The summed E-state index contributed by atoms with van der Waals surface area (Å²) in [5.41, 5.74) is 1.06. The molecule has 1 heterocycles. The van der Waals surface area contributed by atoms with Crippen LogP contribution in [-0.2, 0) is 9.53 Å². The third-order valence-electron chi connectivity index (χ3n) is 3.27. The summed E-state index contributed by atoms with van der Waals surface area (Å²) in [5.74, 6) is -0.378. The number of nitrogens with one attached hydrogen (secondary N) is 1. The number of benzene rings is 1. The van der Waals surface area contributed by atoms with Crippen LogP contribution >= 0.6 is 15.9 Å². The van der Waals surface area contributed by atoms with Gasteiger partial charge in [0.1, 0.15) is 11.6 Å². The molecule has 0 aromatic heterocycles. The van der Waals surface area contributed by atoms with E-state index < -0.39 is 0 Å². The van der Waals surface area contributed by atoms with E-state index in [-0.39, 0.29) is 17.6 Å². The molecular weight excluding hydrogens is 344 g/mol. The van der Waals surface area contributed by atoms with Gasteiger partial charge < -0.3 is 10.1 Å². The lowest BCUT2D eigenvalue weighted by molar-refractivity contribution is -0.117. The standard InChI is InChI=1S/C17H17BrN2O2/c18-15(9-13-5-2-1-3-6-13)10-14(11-19)17(21)20-12-16-7-4-8-22-16/h1-3,5-6,9-10,16H,4,7-8,12H2,(H,20,21)/b14-10+,15-9-/t16-/m0/s1. The second-order valence-corrected chi connectivity index (χ2v) is 5.87. The van der Waals surface area contributed by atoms with Crippen LogP contribution < -0.4 is 5.32 Å². The van der Waals surface area contributed by atoms with Crippen LogP contribution in [0.15, 0.2) is 46.5 Å². The summed E-state index contributed by atoms with van der Waals surface area (Å²) in [6, 6.07) is 11.6. The zero-order chi connectivity index (χ0) is 15.8. The molecule has 1 saturated heterocycles. The molecule has 1 aromatic carbocycles. The molecular formula is C17H17BrN2O2. The first kappa shape index (κ1) is 16.5. The first-order chi connectivity index (χ1) is 10.7. The van der Waals surface area contributed by atoms with Gasteiger partial charge in [-0.25, -0.2) is 0 Å². The Morgan fingerprint density at radius 2 is 2.23 bits per heavy atom. The Morgan fingerprint density at radius 1 is 1.45 bits per heavy atom. The molecule has 0 bridgehead atoms. The van der Waals surface area contributed by atoms with E-state index in [4.69, 9.17) is 10.00 Å². The number of halogens is 1. The molecule has 114 valence electrons. The molecule has 1 aliphatic heterocycles. The van der Waals surface area contributed by atoms with E-state index in [0.29, 0.717) is 11.0 Å². The van der Waals surface area contributed by atoms with Crippen LogP contribution in [-0.4, -0.2) is 25.2 Å². The van der Waals surface area contributed by atoms with E-state index in [1.807, 2.05) is 42.5 Å². The van der Waals surface area contributed by atoms with Crippen LogP contribution in [0.3, 0.4) is 0 Å². The fraction of sp³-hybridized carbons (Fsp3) is 0.294. The maximum atomic E-state index is 12.0. The zero-order valence-electron chi connectivity index (χ0n) is 12.1. The molecule has 1 fully saturated rings. The summed E-state index contributed by atoms with van der Waals surface area (Å²) < 4.78 is 6.11. The number of carbonyl (C=O) groups excluding carboxylic acids is 1. The van der Waals surface area contributed by atoms with E-state index in [9.17, 15) is 4.79 Å². The predicted molar refractivity (Wildman–Crippen MR) is 89.0 cm³/mol. The molecule has 1 amide bonds. The van der Waals surface area contributed by atoms with Crippen molar-refractivity contribution in [3.8, 4) is 6.07 Å². The van der Waals surface area contributed by atoms with Gasteiger partial charge in [-0.15, -0.1) is 0 Å². The minimum absolute atomic E-state index is 0.0622. The lowest BCUT2D eigenvalue weighted by atomic mass is 10.2. The lowest BCUT2D eigenvalue weighted by Crippen LogP contribution is -2.32. The number of allylic oxidation sites excluding steroid dienone is 2. The fourth-order valence-electron chi connectivity index (χ4n) is 2.14. The second-order valence-electron chi connectivity index (χ2n) is 4.95. The van der Waals surface area contributed by atoms with Crippen molar-refractivity contribution < 1.29 is 9.53 Å². The average molecular weight is 361 g/mol. The molecule has 0 spiro atoms. The predicted octanol–water partition coefficient (Wildman–Crippen LogP) is 3.17. The first-order valence-electron chi connectivity index (χ1n) is 7.13. The molecule has 1 aliphatic rings. The van der Waals surface area contributed by atoms with Crippen molar-refractivity contribution in [1.29, 1.82) is 5.26 Å². The number of nitriles is 1. The highest BCUT2D eigenvalue weighted by molar-refractivity contribution is 9.12. The van der Waals surface area contributed by atoms with Gasteiger partial charge in [0.2, 0.25) is 0 Å². The molecule has 22 heavy (non-hydrogen) atoms. The molecule has 0 unspecified atom stereocenters. The van der Waals surface area contributed by atoms with Crippen LogP contribution in [0, 0.1) is 11.3 Å². The normalized spacial score (nSPS) is 18.8. The van der Waals surface area contributed by atoms with E-state index in [1.54, 1.807) is 0 Å². The third-order valence-corrected chi connectivity index (χ3v) is 3.72.